The van der Waals surface area contributed by atoms with E-state index < -0.39 is 6.10 Å². The predicted molar refractivity (Wildman–Crippen MR) is 51.0 cm³/mol. The molecule has 1 aliphatic heterocycles. The second-order valence-electron chi connectivity index (χ2n) is 3.52. The van der Waals surface area contributed by atoms with Crippen LogP contribution in [0.4, 0.5) is 0 Å². The van der Waals surface area contributed by atoms with E-state index in [1.165, 1.54) is 9.58 Å². The van der Waals surface area contributed by atoms with E-state index in [4.69, 9.17) is 10.8 Å². The summed E-state index contributed by atoms with van der Waals surface area (Å²) in [6.07, 6.45) is 1.17. The third-order valence-electron chi connectivity index (χ3n) is 2.27. The average molecular weight is 211 g/mol. The van der Waals surface area contributed by atoms with Gasteiger partial charge in [0.05, 0.1) is 18.8 Å². The topological polar surface area (TPSA) is 97.3 Å². The van der Waals surface area contributed by atoms with Crippen LogP contribution in [0, 0.1) is 0 Å². The number of nitrogens with two attached hydrogens (primary N) is 1. The number of nitrogens with zero attached hydrogens (tertiary/aromatic N) is 4. The van der Waals surface area contributed by atoms with Crippen molar-refractivity contribution in [2.24, 2.45) is 5.73 Å². The molecule has 0 aliphatic carbocycles. The normalized spacial score (nSPS) is 16.5. The molecule has 7 heteroatoms. The Hall–Kier alpha value is -1.47. The fraction of sp³-hybridized carbons (Fsp3) is 0.625. The van der Waals surface area contributed by atoms with Crippen molar-refractivity contribution in [2.75, 3.05) is 19.6 Å². The van der Waals surface area contributed by atoms with E-state index >= 15 is 0 Å². The van der Waals surface area contributed by atoms with Crippen LogP contribution in [-0.4, -0.2) is 56.6 Å². The van der Waals surface area contributed by atoms with Crippen LogP contribution in [0.1, 0.15) is 10.5 Å². The highest BCUT2D eigenvalue weighted by atomic mass is 16.3. The fourth-order valence-corrected chi connectivity index (χ4v) is 1.42. The van der Waals surface area contributed by atoms with E-state index in [1.807, 2.05) is 0 Å². The lowest BCUT2D eigenvalue weighted by molar-refractivity contribution is 0.00549. The van der Waals surface area contributed by atoms with Crippen molar-refractivity contribution in [1.29, 1.82) is 0 Å². The molecule has 1 saturated heterocycles. The van der Waals surface area contributed by atoms with Gasteiger partial charge in [0.2, 0.25) is 0 Å². The van der Waals surface area contributed by atoms with Gasteiger partial charge in [-0.15, -0.1) is 5.10 Å². The lowest BCUT2D eigenvalue weighted by Crippen LogP contribution is -2.53. The number of carbonyl (C=O) groups is 1. The molecular weight excluding hydrogens is 198 g/mol. The van der Waals surface area contributed by atoms with Gasteiger partial charge in [-0.1, -0.05) is 5.21 Å². The Morgan fingerprint density at radius 2 is 2.40 bits per heavy atom. The summed E-state index contributed by atoms with van der Waals surface area (Å²) in [6.45, 7) is 1.76. The number of aromatic nitrogens is 3. The minimum absolute atomic E-state index is 0.191. The Morgan fingerprint density at radius 1 is 1.67 bits per heavy atom. The van der Waals surface area contributed by atoms with Crippen LogP contribution in [0.25, 0.3) is 0 Å². The number of hydrogen-bond donors (Lipinski definition) is 2. The number of amides is 1. The summed E-state index contributed by atoms with van der Waals surface area (Å²) in [5, 5.41) is 16.6. The Balaban J connectivity index is 1.99. The van der Waals surface area contributed by atoms with Crippen LogP contribution in [0.15, 0.2) is 6.20 Å². The molecule has 7 nitrogen and oxygen atoms in total. The molecule has 0 saturated carbocycles. The number of carbonyl (C=O) groups excluding carboxylic acids is 1. The van der Waals surface area contributed by atoms with E-state index in [1.54, 1.807) is 6.20 Å². The Bertz CT molecular complexity index is 358. The number of β-amino-alcohol motifs (C(OH)–C–C–N with tert-alkyl or cyclic N) is 1. The molecule has 1 amide bonds. The summed E-state index contributed by atoms with van der Waals surface area (Å²) >= 11 is 0. The van der Waals surface area contributed by atoms with E-state index in [-0.39, 0.29) is 5.91 Å². The zero-order valence-corrected chi connectivity index (χ0v) is 8.20. The summed E-state index contributed by atoms with van der Waals surface area (Å²) in [5.41, 5.74) is 5.65. The highest BCUT2D eigenvalue weighted by Crippen LogP contribution is 2.11. The van der Waals surface area contributed by atoms with Crippen molar-refractivity contribution in [1.82, 2.24) is 19.9 Å². The molecule has 82 valence electrons. The van der Waals surface area contributed by atoms with Crippen LogP contribution in [0.3, 0.4) is 0 Å². The first kappa shape index (κ1) is 10.1. The number of aliphatic hydroxyl groups excluding tert-OH is 1. The van der Waals surface area contributed by atoms with Crippen molar-refractivity contribution >= 4 is 5.91 Å². The SMILES string of the molecule is NCCn1cc(C(=O)N2CC(O)C2)nn1. The molecule has 2 rings (SSSR count). The van der Waals surface area contributed by atoms with Crippen LogP contribution >= 0.6 is 0 Å². The van der Waals surface area contributed by atoms with Gasteiger partial charge in [0, 0.05) is 19.6 Å². The van der Waals surface area contributed by atoms with Gasteiger partial charge in [0.1, 0.15) is 0 Å². The molecule has 2 heterocycles. The van der Waals surface area contributed by atoms with E-state index in [0.717, 1.165) is 0 Å². The first-order chi connectivity index (χ1) is 7.20. The smallest absolute Gasteiger partial charge is 0.276 e. The van der Waals surface area contributed by atoms with E-state index in [2.05, 4.69) is 10.3 Å². The number of hydrogen-bond acceptors (Lipinski definition) is 5. The quantitative estimate of drug-likeness (QED) is 0.606. The monoisotopic (exact) mass is 211 g/mol. The van der Waals surface area contributed by atoms with Crippen LogP contribution in [0.5, 0.6) is 0 Å². The molecule has 1 fully saturated rings. The van der Waals surface area contributed by atoms with Gasteiger partial charge in [-0.2, -0.15) is 0 Å². The Morgan fingerprint density at radius 3 is 3.00 bits per heavy atom. The molecule has 0 spiro atoms. The summed E-state index contributed by atoms with van der Waals surface area (Å²) in [6, 6.07) is 0. The van der Waals surface area contributed by atoms with Crippen molar-refractivity contribution < 1.29 is 9.90 Å². The number of likely N-dealkylation sites (tertiary alicyclic amines) is 1. The Kier molecular flexibility index (Phi) is 2.65. The molecule has 1 aromatic heterocycles. The van der Waals surface area contributed by atoms with E-state index in [9.17, 15) is 4.79 Å². The zero-order valence-electron chi connectivity index (χ0n) is 8.20. The second kappa shape index (κ2) is 3.95. The number of rotatable bonds is 3. The average Bonchev–Trinajstić information content (AvgIpc) is 2.61. The molecule has 3 N–H and O–H groups in total. The van der Waals surface area contributed by atoms with Crippen LogP contribution < -0.4 is 5.73 Å². The predicted octanol–water partition coefficient (Wildman–Crippen LogP) is -1.95. The van der Waals surface area contributed by atoms with Crippen LogP contribution in [0.2, 0.25) is 0 Å². The maximum Gasteiger partial charge on any atom is 0.276 e. The molecule has 1 aliphatic rings. The summed E-state index contributed by atoms with van der Waals surface area (Å²) in [4.78, 5) is 13.2. The summed E-state index contributed by atoms with van der Waals surface area (Å²) in [7, 11) is 0. The largest absolute Gasteiger partial charge is 0.389 e. The van der Waals surface area contributed by atoms with Crippen molar-refractivity contribution in [3.05, 3.63) is 11.9 Å². The van der Waals surface area contributed by atoms with Gasteiger partial charge in [-0.05, 0) is 0 Å². The van der Waals surface area contributed by atoms with Gasteiger partial charge in [0.25, 0.3) is 5.91 Å². The van der Waals surface area contributed by atoms with Gasteiger partial charge >= 0.3 is 0 Å². The number of aliphatic hydroxyl groups is 1. The lowest BCUT2D eigenvalue weighted by Gasteiger charge is -2.35. The molecule has 0 radical (unpaired) electrons. The maximum atomic E-state index is 11.7. The minimum atomic E-state index is -0.395. The molecule has 0 unspecified atom stereocenters. The van der Waals surface area contributed by atoms with Gasteiger partial charge in [-0.25, -0.2) is 0 Å². The highest BCUT2D eigenvalue weighted by molar-refractivity contribution is 5.92. The Labute approximate surface area is 86.5 Å². The molecule has 0 atom stereocenters. The maximum absolute atomic E-state index is 11.7. The van der Waals surface area contributed by atoms with Gasteiger partial charge in [-0.3, -0.25) is 9.48 Å². The molecule has 15 heavy (non-hydrogen) atoms. The highest BCUT2D eigenvalue weighted by Gasteiger charge is 2.30. The second-order valence-corrected chi connectivity index (χ2v) is 3.52. The molecule has 0 bridgehead atoms. The van der Waals surface area contributed by atoms with Crippen LogP contribution in [-0.2, 0) is 6.54 Å². The van der Waals surface area contributed by atoms with Crippen molar-refractivity contribution in [3.8, 4) is 0 Å². The van der Waals surface area contributed by atoms with Crippen molar-refractivity contribution in [2.45, 2.75) is 12.6 Å². The molecule has 1 aromatic rings. The van der Waals surface area contributed by atoms with Gasteiger partial charge in [0.15, 0.2) is 5.69 Å². The first-order valence-corrected chi connectivity index (χ1v) is 4.78. The zero-order chi connectivity index (χ0) is 10.8. The minimum Gasteiger partial charge on any atom is -0.389 e. The van der Waals surface area contributed by atoms with E-state index in [0.29, 0.717) is 31.9 Å². The summed E-state index contributed by atoms with van der Waals surface area (Å²) in [5.74, 6) is -0.191. The first-order valence-electron chi connectivity index (χ1n) is 4.78. The third kappa shape index (κ3) is 1.97. The summed E-state index contributed by atoms with van der Waals surface area (Å²) < 4.78 is 1.53. The standard InChI is InChI=1S/C8H13N5O2/c9-1-2-13-5-7(10-11-13)8(15)12-3-6(14)4-12/h5-6,14H,1-4,9H2. The molecule has 0 aromatic carbocycles. The lowest BCUT2D eigenvalue weighted by atomic mass is 10.1. The van der Waals surface area contributed by atoms with Gasteiger partial charge < -0.3 is 15.7 Å². The fourth-order valence-electron chi connectivity index (χ4n) is 1.42. The van der Waals surface area contributed by atoms with Crippen molar-refractivity contribution in [3.63, 3.8) is 0 Å². The molecular formula is C8H13N5O2. The third-order valence-corrected chi connectivity index (χ3v) is 2.27.